The summed E-state index contributed by atoms with van der Waals surface area (Å²) in [5.74, 6) is -0.870. The van der Waals surface area contributed by atoms with Crippen LogP contribution in [0, 0.1) is 0 Å². The van der Waals surface area contributed by atoms with E-state index in [0.29, 0.717) is 25.2 Å². The van der Waals surface area contributed by atoms with Gasteiger partial charge in [-0.3, -0.25) is 9.59 Å². The summed E-state index contributed by atoms with van der Waals surface area (Å²) in [6.07, 6.45) is -0.448. The topological polar surface area (TPSA) is 113 Å². The van der Waals surface area contributed by atoms with Gasteiger partial charge in [-0.1, -0.05) is 64.5 Å². The van der Waals surface area contributed by atoms with E-state index in [1.165, 1.54) is 4.90 Å². The van der Waals surface area contributed by atoms with Crippen LogP contribution in [0.4, 0.5) is 4.79 Å². The maximum Gasteiger partial charge on any atom is 0.407 e. The average Bonchev–Trinajstić information content (AvgIpc) is 3.32. The van der Waals surface area contributed by atoms with E-state index >= 15 is 0 Å². The second-order valence-electron chi connectivity index (χ2n) is 11.4. The molecule has 1 N–H and O–H groups in total. The number of ether oxygens (including phenoxy) is 5. The van der Waals surface area contributed by atoms with Gasteiger partial charge in [-0.15, -0.1) is 0 Å². The van der Waals surface area contributed by atoms with Crippen LogP contribution in [0.1, 0.15) is 37.8 Å². The molecule has 0 radical (unpaired) electrons. The van der Waals surface area contributed by atoms with Crippen molar-refractivity contribution in [2.24, 2.45) is 0 Å². The lowest BCUT2D eigenvalue weighted by molar-refractivity contribution is -0.148. The molecule has 3 rings (SSSR count). The van der Waals surface area contributed by atoms with Gasteiger partial charge < -0.3 is 33.9 Å². The Morgan fingerprint density at radius 3 is 2.14 bits per heavy atom. The molecule has 2 aromatic rings. The summed E-state index contributed by atoms with van der Waals surface area (Å²) in [6, 6.07) is 15.6. The fourth-order valence-corrected chi connectivity index (χ4v) is 5.06. The monoisotopic (exact) mass is 674 g/mol. The number of benzene rings is 2. The molecule has 1 aliphatic rings. The van der Waals surface area contributed by atoms with Crippen molar-refractivity contribution in [3.8, 4) is 11.1 Å². The van der Waals surface area contributed by atoms with Gasteiger partial charge in [0.2, 0.25) is 5.91 Å². The molecule has 0 fully saturated rings. The summed E-state index contributed by atoms with van der Waals surface area (Å²) in [6.45, 7) is 7.67. The highest BCUT2D eigenvalue weighted by Crippen LogP contribution is 2.44. The summed E-state index contributed by atoms with van der Waals surface area (Å²) < 4.78 is 27.9. The van der Waals surface area contributed by atoms with Crippen molar-refractivity contribution >= 4 is 41.7 Å². The molecular weight excluding hydrogens is 631 g/mol. The second kappa shape index (κ2) is 18.1. The summed E-state index contributed by atoms with van der Waals surface area (Å²) in [7, 11) is 1.71. The summed E-state index contributed by atoms with van der Waals surface area (Å²) in [5.41, 5.74) is 4.25. The number of hydrogen-bond acceptors (Lipinski definition) is 8. The average molecular weight is 675 g/mol. The highest BCUT2D eigenvalue weighted by molar-refractivity contribution is 9.09. The summed E-state index contributed by atoms with van der Waals surface area (Å²) in [4.78, 5) is 39.5. The molecule has 0 spiro atoms. The van der Waals surface area contributed by atoms with Crippen LogP contribution in [0.5, 0.6) is 0 Å². The van der Waals surface area contributed by atoms with E-state index in [1.54, 1.807) is 7.85 Å². The van der Waals surface area contributed by atoms with Crippen molar-refractivity contribution in [1.82, 2.24) is 10.2 Å². The lowest BCUT2D eigenvalue weighted by atomic mass is 9.98. The third kappa shape index (κ3) is 11.5. The molecule has 1 aliphatic carbocycles. The Morgan fingerprint density at radius 2 is 1.52 bits per heavy atom. The SMILES string of the molecule is BCC(=O)N(CC(=O)OCCBr)C[C@H](COCCOCCOC(C)(C)C)NC(=O)OCC1c2ccccc2-c2ccccc21. The van der Waals surface area contributed by atoms with Gasteiger partial charge in [0.05, 0.1) is 44.7 Å². The molecule has 0 aromatic heterocycles. The molecule has 2 amide bonds. The minimum Gasteiger partial charge on any atom is -0.463 e. The molecule has 10 nitrogen and oxygen atoms in total. The zero-order chi connectivity index (χ0) is 32.0. The first kappa shape index (κ1) is 35.6. The second-order valence-corrected chi connectivity index (χ2v) is 12.1. The number of carbonyl (C=O) groups is 3. The third-order valence-electron chi connectivity index (χ3n) is 6.88. The van der Waals surface area contributed by atoms with E-state index in [2.05, 4.69) is 45.5 Å². The third-order valence-corrected chi connectivity index (χ3v) is 7.20. The minimum atomic E-state index is -0.644. The van der Waals surface area contributed by atoms with Crippen molar-refractivity contribution in [1.29, 1.82) is 0 Å². The number of halogens is 1. The first-order chi connectivity index (χ1) is 21.1. The van der Waals surface area contributed by atoms with E-state index in [1.807, 2.05) is 45.0 Å². The van der Waals surface area contributed by atoms with Gasteiger partial charge in [0, 0.05) is 17.8 Å². The molecule has 12 heteroatoms. The molecule has 240 valence electrons. The molecule has 1 atom stereocenters. The predicted octanol–water partition coefficient (Wildman–Crippen LogP) is 3.56. The molecule has 0 heterocycles. The molecule has 0 saturated carbocycles. The zero-order valence-electron chi connectivity index (χ0n) is 26.1. The van der Waals surface area contributed by atoms with Gasteiger partial charge in [-0.25, -0.2) is 4.79 Å². The largest absolute Gasteiger partial charge is 0.463 e. The number of esters is 1. The molecule has 0 saturated heterocycles. The number of amides is 2. The quantitative estimate of drug-likeness (QED) is 0.111. The van der Waals surface area contributed by atoms with Crippen molar-refractivity contribution in [2.75, 3.05) is 64.7 Å². The molecular formula is C32H44BBrN2O8. The first-order valence-electron chi connectivity index (χ1n) is 15.0. The highest BCUT2D eigenvalue weighted by Gasteiger charge is 2.30. The number of alkyl carbamates (subject to hydrolysis) is 1. The van der Waals surface area contributed by atoms with Crippen molar-refractivity contribution in [3.63, 3.8) is 0 Å². The van der Waals surface area contributed by atoms with E-state index in [0.717, 1.165) is 22.3 Å². The summed E-state index contributed by atoms with van der Waals surface area (Å²) in [5, 5.41) is 3.33. The smallest absolute Gasteiger partial charge is 0.407 e. The number of hydrogen-bond donors (Lipinski definition) is 1. The fourth-order valence-electron chi connectivity index (χ4n) is 4.90. The Bertz CT molecular complexity index is 1180. The van der Waals surface area contributed by atoms with E-state index in [9.17, 15) is 14.4 Å². The maximum absolute atomic E-state index is 13.1. The Kier molecular flexibility index (Phi) is 14.7. The molecule has 2 aromatic carbocycles. The van der Waals surface area contributed by atoms with Crippen LogP contribution in [0.25, 0.3) is 11.1 Å². The van der Waals surface area contributed by atoms with Crippen molar-refractivity contribution < 1.29 is 38.1 Å². The van der Waals surface area contributed by atoms with Gasteiger partial charge in [0.15, 0.2) is 0 Å². The van der Waals surface area contributed by atoms with Crippen LogP contribution in [0.3, 0.4) is 0 Å². The number of rotatable bonds is 18. The van der Waals surface area contributed by atoms with Gasteiger partial charge in [-0.2, -0.15) is 0 Å². The Morgan fingerprint density at radius 1 is 0.909 bits per heavy atom. The first-order valence-corrected chi connectivity index (χ1v) is 16.1. The maximum atomic E-state index is 13.1. The van der Waals surface area contributed by atoms with Crippen LogP contribution < -0.4 is 5.32 Å². The predicted molar refractivity (Wildman–Crippen MR) is 174 cm³/mol. The van der Waals surface area contributed by atoms with Crippen molar-refractivity contribution in [3.05, 3.63) is 59.7 Å². The van der Waals surface area contributed by atoms with Crippen LogP contribution in [0.15, 0.2) is 48.5 Å². The van der Waals surface area contributed by atoms with Gasteiger partial charge in [0.1, 0.15) is 27.6 Å². The Labute approximate surface area is 269 Å². The summed E-state index contributed by atoms with van der Waals surface area (Å²) >= 11 is 3.22. The number of carbonyl (C=O) groups excluding carboxylic acids is 3. The lowest BCUT2D eigenvalue weighted by Crippen LogP contribution is -2.50. The molecule has 0 bridgehead atoms. The Balaban J connectivity index is 1.60. The number of nitrogens with one attached hydrogen (secondary N) is 1. The number of fused-ring (bicyclic) bond motifs is 3. The molecule has 0 aliphatic heterocycles. The fraction of sp³-hybridized carbons (Fsp3) is 0.531. The molecule has 44 heavy (non-hydrogen) atoms. The van der Waals surface area contributed by atoms with Gasteiger partial charge in [-0.05, 0) is 49.3 Å². The number of nitrogens with zero attached hydrogens (tertiary/aromatic N) is 1. The normalized spacial score (nSPS) is 13.1. The van der Waals surface area contributed by atoms with E-state index in [-0.39, 0.29) is 63.3 Å². The lowest BCUT2D eigenvalue weighted by Gasteiger charge is -2.27. The number of alkyl halides is 1. The Hall–Kier alpha value is -2.93. The minimum absolute atomic E-state index is 0.0422. The van der Waals surface area contributed by atoms with E-state index < -0.39 is 18.1 Å². The van der Waals surface area contributed by atoms with Crippen molar-refractivity contribution in [2.45, 2.75) is 44.7 Å². The van der Waals surface area contributed by atoms with Crippen LogP contribution in [-0.4, -0.2) is 107 Å². The van der Waals surface area contributed by atoms with E-state index in [4.69, 9.17) is 23.7 Å². The van der Waals surface area contributed by atoms with Crippen LogP contribution >= 0.6 is 15.9 Å². The van der Waals surface area contributed by atoms with Gasteiger partial charge >= 0.3 is 12.1 Å². The van der Waals surface area contributed by atoms with Crippen LogP contribution in [-0.2, 0) is 33.3 Å². The highest BCUT2D eigenvalue weighted by atomic mass is 79.9. The molecule has 0 unspecified atom stereocenters. The standard InChI is InChI=1S/C32H44BBrN2O8/c1-32(2,3)44-17-16-40-14-15-41-21-23(19-36(29(37)18-33)20-30(38)42-13-12-34)35-31(39)43-22-28-26-10-6-4-8-24(26)25-9-5-7-11-27(25)28/h4-11,23,28H,12-22,33H2,1-3H3,(H,35,39)/t23-/m1/s1. The van der Waals surface area contributed by atoms with Crippen LogP contribution in [0.2, 0.25) is 6.32 Å². The zero-order valence-corrected chi connectivity index (χ0v) is 27.7. The van der Waals surface area contributed by atoms with Gasteiger partial charge in [0.25, 0.3) is 0 Å².